The topological polar surface area (TPSA) is 30.1 Å². The number of fused-ring (bicyclic) bond motifs is 7. The lowest BCUT2D eigenvalue weighted by Gasteiger charge is -2.18. The van der Waals surface area contributed by atoms with Crippen LogP contribution in [0.1, 0.15) is 0 Å². The van der Waals surface area contributed by atoms with Crippen LogP contribution in [0.4, 0.5) is 11.4 Å². The van der Waals surface area contributed by atoms with E-state index in [0.29, 0.717) is 0 Å². The third kappa shape index (κ3) is 5.20. The van der Waals surface area contributed by atoms with Gasteiger partial charge in [0.1, 0.15) is 11.1 Å². The normalized spacial score (nSPS) is 11.6. The third-order valence-corrected chi connectivity index (χ3v) is 11.0. The van der Waals surface area contributed by atoms with Crippen molar-refractivity contribution in [1.82, 2.24) is 4.57 Å². The summed E-state index contributed by atoms with van der Waals surface area (Å²) in [6.07, 6.45) is 0. The van der Waals surface area contributed by atoms with Gasteiger partial charge in [-0.05, 0) is 98.9 Å². The SMILES string of the molecule is c1ccc(-n2c3c(-c4ccc(Nc5ccccc5-c5ccc6ccccc6c5)c(-c5ccc6ccccc6c5)c4)cccc3c3oc4ccccc4c32)cc1. The Morgan fingerprint density at radius 2 is 0.927 bits per heavy atom. The molecule has 0 aliphatic carbocycles. The van der Waals surface area contributed by atoms with Crippen LogP contribution in [-0.4, -0.2) is 4.57 Å². The fourth-order valence-corrected chi connectivity index (χ4v) is 8.35. The smallest absolute Gasteiger partial charge is 0.161 e. The van der Waals surface area contributed by atoms with E-state index in [1.807, 2.05) is 6.07 Å². The molecule has 0 saturated heterocycles. The Morgan fingerprint density at radius 1 is 0.364 bits per heavy atom. The van der Waals surface area contributed by atoms with Gasteiger partial charge in [0, 0.05) is 44.5 Å². The van der Waals surface area contributed by atoms with Crippen molar-refractivity contribution in [2.24, 2.45) is 0 Å². The standard InChI is InChI=1S/C52H34N2O/c1-2-17-41(18-3-1)54-50-43(21-12-22-45(50)52-51(54)44-20-9-11-24-49(44)55-52)40-29-30-48(46(33-40)39-28-26-35-14-5-7-16-37(35)32-39)53-47-23-10-8-19-42(47)38-27-25-34-13-4-6-15-36(34)31-38/h1-33,53H. The van der Waals surface area contributed by atoms with Crippen LogP contribution < -0.4 is 5.32 Å². The van der Waals surface area contributed by atoms with E-state index in [4.69, 9.17) is 4.42 Å². The maximum absolute atomic E-state index is 6.62. The van der Waals surface area contributed by atoms with Gasteiger partial charge in [0.2, 0.25) is 0 Å². The molecule has 0 radical (unpaired) electrons. The van der Waals surface area contributed by atoms with E-state index in [0.717, 1.165) is 77.9 Å². The van der Waals surface area contributed by atoms with Crippen LogP contribution in [0.2, 0.25) is 0 Å². The molecule has 2 heterocycles. The molecule has 0 amide bonds. The lowest BCUT2D eigenvalue weighted by molar-refractivity contribution is 0.673. The fourth-order valence-electron chi connectivity index (χ4n) is 8.35. The third-order valence-electron chi connectivity index (χ3n) is 11.0. The molecule has 0 saturated carbocycles. The summed E-state index contributed by atoms with van der Waals surface area (Å²) in [7, 11) is 0. The first-order chi connectivity index (χ1) is 27.3. The number of nitrogens with zero attached hydrogens (tertiary/aromatic N) is 1. The molecule has 11 aromatic rings. The Kier molecular flexibility index (Phi) is 7.17. The lowest BCUT2D eigenvalue weighted by atomic mass is 9.94. The average molecular weight is 703 g/mol. The van der Waals surface area contributed by atoms with Crippen LogP contribution in [0.3, 0.4) is 0 Å². The van der Waals surface area contributed by atoms with E-state index in [-0.39, 0.29) is 0 Å². The van der Waals surface area contributed by atoms with Gasteiger partial charge in [0.25, 0.3) is 0 Å². The molecule has 0 fully saturated rings. The molecule has 3 nitrogen and oxygen atoms in total. The Morgan fingerprint density at radius 3 is 1.71 bits per heavy atom. The maximum atomic E-state index is 6.62. The molecule has 0 bridgehead atoms. The summed E-state index contributed by atoms with van der Waals surface area (Å²) in [6.45, 7) is 0. The van der Waals surface area contributed by atoms with Gasteiger partial charge >= 0.3 is 0 Å². The Balaban J connectivity index is 1.13. The van der Waals surface area contributed by atoms with Crippen molar-refractivity contribution in [3.63, 3.8) is 0 Å². The highest BCUT2D eigenvalue weighted by Gasteiger charge is 2.22. The van der Waals surface area contributed by atoms with Gasteiger partial charge < -0.3 is 14.3 Å². The first-order valence-corrected chi connectivity index (χ1v) is 18.8. The number of para-hydroxylation sites is 4. The van der Waals surface area contributed by atoms with Crippen molar-refractivity contribution in [2.75, 3.05) is 5.32 Å². The highest BCUT2D eigenvalue weighted by atomic mass is 16.3. The number of nitrogens with one attached hydrogen (secondary N) is 1. The molecule has 0 unspecified atom stereocenters. The molecule has 9 aromatic carbocycles. The minimum Gasteiger partial charge on any atom is -0.454 e. The fraction of sp³-hybridized carbons (Fsp3) is 0. The van der Waals surface area contributed by atoms with E-state index in [1.165, 1.54) is 27.1 Å². The summed E-state index contributed by atoms with van der Waals surface area (Å²) in [5.74, 6) is 0. The molecule has 2 aromatic heterocycles. The summed E-state index contributed by atoms with van der Waals surface area (Å²) in [5.41, 5.74) is 14.1. The van der Waals surface area contributed by atoms with Crippen molar-refractivity contribution < 1.29 is 4.42 Å². The molecular formula is C52H34N2O. The zero-order valence-corrected chi connectivity index (χ0v) is 29.9. The summed E-state index contributed by atoms with van der Waals surface area (Å²) in [5, 5.41) is 11.0. The van der Waals surface area contributed by atoms with Crippen molar-refractivity contribution in [3.05, 3.63) is 200 Å². The van der Waals surface area contributed by atoms with Crippen molar-refractivity contribution in [2.45, 2.75) is 0 Å². The van der Waals surface area contributed by atoms with E-state index >= 15 is 0 Å². The second kappa shape index (κ2) is 12.6. The van der Waals surface area contributed by atoms with E-state index in [1.54, 1.807) is 0 Å². The minimum absolute atomic E-state index is 0.891. The molecule has 11 rings (SSSR count). The lowest BCUT2D eigenvalue weighted by Crippen LogP contribution is -1.98. The van der Waals surface area contributed by atoms with Crippen LogP contribution in [-0.2, 0) is 0 Å². The van der Waals surface area contributed by atoms with Crippen LogP contribution in [0.5, 0.6) is 0 Å². The Bertz CT molecular complexity index is 3240. The van der Waals surface area contributed by atoms with Gasteiger partial charge in [-0.2, -0.15) is 0 Å². The summed E-state index contributed by atoms with van der Waals surface area (Å²) < 4.78 is 9.00. The number of aromatic nitrogens is 1. The number of hydrogen-bond acceptors (Lipinski definition) is 2. The van der Waals surface area contributed by atoms with Gasteiger partial charge in [-0.3, -0.25) is 0 Å². The van der Waals surface area contributed by atoms with Crippen molar-refractivity contribution >= 4 is 65.9 Å². The van der Waals surface area contributed by atoms with Gasteiger partial charge in [0.15, 0.2) is 5.58 Å². The Labute approximate surface area is 318 Å². The Hall–Kier alpha value is -7.36. The maximum Gasteiger partial charge on any atom is 0.161 e. The van der Waals surface area contributed by atoms with Crippen molar-refractivity contribution in [1.29, 1.82) is 0 Å². The zero-order chi connectivity index (χ0) is 36.3. The van der Waals surface area contributed by atoms with Crippen LogP contribution >= 0.6 is 0 Å². The second-order valence-electron chi connectivity index (χ2n) is 14.2. The molecule has 55 heavy (non-hydrogen) atoms. The first-order valence-electron chi connectivity index (χ1n) is 18.8. The molecule has 3 heteroatoms. The summed E-state index contributed by atoms with van der Waals surface area (Å²) >= 11 is 0. The molecule has 1 N–H and O–H groups in total. The minimum atomic E-state index is 0.891. The quantitative estimate of drug-likeness (QED) is 0.187. The largest absolute Gasteiger partial charge is 0.454 e. The van der Waals surface area contributed by atoms with Gasteiger partial charge in [-0.1, -0.05) is 140 Å². The highest BCUT2D eigenvalue weighted by Crippen LogP contribution is 2.44. The molecule has 0 aliphatic rings. The average Bonchev–Trinajstić information content (AvgIpc) is 3.79. The summed E-state index contributed by atoms with van der Waals surface area (Å²) in [4.78, 5) is 0. The highest BCUT2D eigenvalue weighted by molar-refractivity contribution is 6.19. The predicted octanol–water partition coefficient (Wildman–Crippen LogP) is 14.6. The number of benzene rings is 9. The molecular weight excluding hydrogens is 669 g/mol. The first kappa shape index (κ1) is 31.2. The number of hydrogen-bond donors (Lipinski definition) is 1. The number of rotatable bonds is 6. The molecule has 0 aliphatic heterocycles. The van der Waals surface area contributed by atoms with Gasteiger partial charge in [-0.15, -0.1) is 0 Å². The second-order valence-corrected chi connectivity index (χ2v) is 14.2. The number of furan rings is 1. The van der Waals surface area contributed by atoms with E-state index < -0.39 is 0 Å². The monoisotopic (exact) mass is 702 g/mol. The number of anilines is 2. The van der Waals surface area contributed by atoms with Gasteiger partial charge in [-0.25, -0.2) is 0 Å². The molecule has 0 atom stereocenters. The van der Waals surface area contributed by atoms with Crippen LogP contribution in [0, 0.1) is 0 Å². The van der Waals surface area contributed by atoms with Crippen molar-refractivity contribution in [3.8, 4) is 39.1 Å². The molecule has 0 spiro atoms. The predicted molar refractivity (Wildman–Crippen MR) is 232 cm³/mol. The van der Waals surface area contributed by atoms with E-state index in [2.05, 4.69) is 204 Å². The molecule has 258 valence electrons. The summed E-state index contributed by atoms with van der Waals surface area (Å²) in [6, 6.07) is 71.6. The van der Waals surface area contributed by atoms with Crippen LogP contribution in [0.15, 0.2) is 205 Å². The van der Waals surface area contributed by atoms with E-state index in [9.17, 15) is 0 Å². The van der Waals surface area contributed by atoms with Crippen LogP contribution in [0.25, 0.3) is 93.6 Å². The zero-order valence-electron chi connectivity index (χ0n) is 29.9. The van der Waals surface area contributed by atoms with Gasteiger partial charge in [0.05, 0.1) is 5.52 Å².